The number of benzene rings is 2. The van der Waals surface area contributed by atoms with Crippen molar-refractivity contribution >= 4 is 11.8 Å². The van der Waals surface area contributed by atoms with E-state index < -0.39 is 24.0 Å². The van der Waals surface area contributed by atoms with Crippen molar-refractivity contribution in [3.8, 4) is 11.5 Å². The van der Waals surface area contributed by atoms with E-state index in [2.05, 4.69) is 10.6 Å². The summed E-state index contributed by atoms with van der Waals surface area (Å²) in [4.78, 5) is 28.5. The van der Waals surface area contributed by atoms with Gasteiger partial charge >= 0.3 is 11.8 Å². The normalized spacial score (nSPS) is 19.0. The van der Waals surface area contributed by atoms with Crippen molar-refractivity contribution in [3.05, 3.63) is 59.7 Å². The molecule has 3 N–H and O–H groups in total. The summed E-state index contributed by atoms with van der Waals surface area (Å²) in [5, 5.41) is 17.6. The first-order valence-corrected chi connectivity index (χ1v) is 16.8. The molecule has 4 atom stereocenters. The molecule has 0 bridgehead atoms. The van der Waals surface area contributed by atoms with Crippen molar-refractivity contribution in [1.29, 1.82) is 0 Å². The van der Waals surface area contributed by atoms with Gasteiger partial charge in [-0.2, -0.15) is 0 Å². The lowest BCUT2D eigenvalue weighted by Gasteiger charge is -2.30. The summed E-state index contributed by atoms with van der Waals surface area (Å²) in [5.74, 6) is 0.652. The zero-order valence-electron chi connectivity index (χ0n) is 27.7. The van der Waals surface area contributed by atoms with E-state index in [1.54, 1.807) is 26.2 Å². The summed E-state index contributed by atoms with van der Waals surface area (Å²) >= 11 is 0. The number of rotatable bonds is 17. The lowest BCUT2D eigenvalue weighted by atomic mass is 9.83. The molecule has 2 fully saturated rings. The van der Waals surface area contributed by atoms with Gasteiger partial charge < -0.3 is 39.6 Å². The van der Waals surface area contributed by atoms with E-state index in [1.165, 1.54) is 6.42 Å². The van der Waals surface area contributed by atoms with Crippen molar-refractivity contribution in [2.24, 2.45) is 11.8 Å². The topological polar surface area (TPSA) is 119 Å². The maximum Gasteiger partial charge on any atom is 0.311 e. The Morgan fingerprint density at radius 3 is 2.35 bits per heavy atom. The third-order valence-electron chi connectivity index (χ3n) is 9.24. The van der Waals surface area contributed by atoms with Crippen LogP contribution in [0.1, 0.15) is 68.6 Å². The van der Waals surface area contributed by atoms with Crippen LogP contribution in [0.15, 0.2) is 48.5 Å². The molecule has 254 valence electrons. The van der Waals surface area contributed by atoms with Crippen LogP contribution < -0.4 is 20.1 Å². The molecular weight excluding hydrogens is 586 g/mol. The summed E-state index contributed by atoms with van der Waals surface area (Å²) in [7, 11) is 4.89. The third kappa shape index (κ3) is 10.7. The largest absolute Gasteiger partial charge is 0.497 e. The van der Waals surface area contributed by atoms with Crippen molar-refractivity contribution in [1.82, 2.24) is 15.5 Å². The van der Waals surface area contributed by atoms with Gasteiger partial charge in [0.1, 0.15) is 11.5 Å². The lowest BCUT2D eigenvalue weighted by molar-refractivity contribution is -0.146. The van der Waals surface area contributed by atoms with E-state index in [9.17, 15) is 14.7 Å². The second kappa shape index (κ2) is 18.8. The van der Waals surface area contributed by atoms with Crippen molar-refractivity contribution < 1.29 is 33.6 Å². The van der Waals surface area contributed by atoms with Gasteiger partial charge in [-0.3, -0.25) is 9.59 Å². The number of nitrogens with one attached hydrogen (secondary N) is 2. The van der Waals surface area contributed by atoms with E-state index in [1.807, 2.05) is 48.5 Å². The number of likely N-dealkylation sites (tertiary alicyclic amines) is 1. The molecule has 1 heterocycles. The molecule has 0 aromatic heterocycles. The maximum atomic E-state index is 13.5. The molecule has 10 heteroatoms. The third-order valence-corrected chi connectivity index (χ3v) is 9.24. The summed E-state index contributed by atoms with van der Waals surface area (Å²) in [6.45, 7) is 2.85. The van der Waals surface area contributed by atoms with E-state index in [0.29, 0.717) is 56.7 Å². The standard InChI is InChI=1S/C36H53N3O7/c1-43-17-10-18-46-34(28-13-8-5-9-14-28)29-15-16-39(25-29)36(42)35(41)38-32(21-26-11-6-4-7-12-26)33(40)24-37-23-27-19-30(44-2)22-31(20-27)45-3/h5,8-9,13-14,19-20,22,26,29,32-34,37,40H,4,6-7,10-12,15-18,21,23-25H2,1-3H3,(H,38,41)/t29-,32+,33?,34+/m1/s1. The number of aliphatic hydroxyl groups is 1. The van der Waals surface area contributed by atoms with Gasteiger partial charge in [0.05, 0.1) is 32.5 Å². The number of amides is 2. The van der Waals surface area contributed by atoms with Crippen LogP contribution in [0.4, 0.5) is 0 Å². The van der Waals surface area contributed by atoms with Crippen LogP contribution >= 0.6 is 0 Å². The number of aliphatic hydroxyl groups excluding tert-OH is 1. The lowest BCUT2D eigenvalue weighted by Crippen LogP contribution is -2.52. The van der Waals surface area contributed by atoms with Crippen molar-refractivity contribution in [2.75, 3.05) is 54.2 Å². The molecule has 0 radical (unpaired) electrons. The molecule has 1 saturated heterocycles. The minimum atomic E-state index is -0.861. The first kappa shape index (κ1) is 35.7. The summed E-state index contributed by atoms with van der Waals surface area (Å²) < 4.78 is 22.2. The number of nitrogens with zero attached hydrogens (tertiary/aromatic N) is 1. The summed E-state index contributed by atoms with van der Waals surface area (Å²) in [6.07, 6.45) is 6.81. The smallest absolute Gasteiger partial charge is 0.311 e. The van der Waals surface area contributed by atoms with E-state index in [0.717, 1.165) is 49.7 Å². The molecule has 2 aromatic carbocycles. The highest BCUT2D eigenvalue weighted by Gasteiger charge is 2.37. The van der Waals surface area contributed by atoms with Gasteiger partial charge in [0.2, 0.25) is 0 Å². The molecule has 4 rings (SSSR count). The molecule has 1 saturated carbocycles. The molecule has 2 aliphatic rings. The van der Waals surface area contributed by atoms with Crippen LogP contribution in [-0.4, -0.2) is 88.1 Å². The van der Waals surface area contributed by atoms with Crippen LogP contribution in [-0.2, 0) is 25.6 Å². The molecule has 2 amide bonds. The quantitative estimate of drug-likeness (QED) is 0.174. The zero-order valence-corrected chi connectivity index (χ0v) is 27.7. The van der Waals surface area contributed by atoms with Gasteiger partial charge in [0, 0.05) is 58.5 Å². The highest BCUT2D eigenvalue weighted by atomic mass is 16.5. The second-order valence-electron chi connectivity index (χ2n) is 12.6. The molecular formula is C36H53N3O7. The van der Waals surface area contributed by atoms with Crippen LogP contribution in [0.3, 0.4) is 0 Å². The molecule has 1 unspecified atom stereocenters. The second-order valence-corrected chi connectivity index (χ2v) is 12.6. The predicted molar refractivity (Wildman–Crippen MR) is 177 cm³/mol. The molecule has 0 spiro atoms. The Morgan fingerprint density at radius 2 is 1.67 bits per heavy atom. The van der Waals surface area contributed by atoms with E-state index in [4.69, 9.17) is 18.9 Å². The average molecular weight is 640 g/mol. The van der Waals surface area contributed by atoms with Gasteiger partial charge in [-0.05, 0) is 48.4 Å². The fraction of sp³-hybridized carbons (Fsp3) is 0.611. The number of ether oxygens (including phenoxy) is 4. The highest BCUT2D eigenvalue weighted by Crippen LogP contribution is 2.34. The first-order chi connectivity index (χ1) is 22.4. The number of methoxy groups -OCH3 is 3. The van der Waals surface area contributed by atoms with Gasteiger partial charge in [-0.25, -0.2) is 0 Å². The van der Waals surface area contributed by atoms with Gasteiger partial charge in [0.15, 0.2) is 0 Å². The van der Waals surface area contributed by atoms with Crippen molar-refractivity contribution in [2.45, 2.75) is 76.2 Å². The Labute approximate surface area is 274 Å². The zero-order chi connectivity index (χ0) is 32.7. The van der Waals surface area contributed by atoms with Crippen LogP contribution in [0.25, 0.3) is 0 Å². The molecule has 1 aliphatic heterocycles. The minimum absolute atomic E-state index is 0.0738. The van der Waals surface area contributed by atoms with Crippen LogP contribution in [0.5, 0.6) is 11.5 Å². The first-order valence-electron chi connectivity index (χ1n) is 16.8. The Hall–Kier alpha value is -3.18. The molecule has 46 heavy (non-hydrogen) atoms. The monoisotopic (exact) mass is 639 g/mol. The number of carbonyl (C=O) groups excluding carboxylic acids is 2. The van der Waals surface area contributed by atoms with Crippen molar-refractivity contribution in [3.63, 3.8) is 0 Å². The van der Waals surface area contributed by atoms with E-state index >= 15 is 0 Å². The SMILES string of the molecule is COCCCO[C@@H](c1ccccc1)[C@@H]1CCN(C(=O)C(=O)N[C@@H](CC2CCCCC2)C(O)CNCc2cc(OC)cc(OC)c2)C1. The molecule has 1 aliphatic carbocycles. The average Bonchev–Trinajstić information content (AvgIpc) is 3.58. The molecule has 10 nitrogen and oxygen atoms in total. The Kier molecular flexibility index (Phi) is 14.6. The number of carbonyl (C=O) groups is 2. The highest BCUT2D eigenvalue weighted by molar-refractivity contribution is 6.35. The number of hydrogen-bond acceptors (Lipinski definition) is 8. The number of hydrogen-bond donors (Lipinski definition) is 3. The van der Waals surface area contributed by atoms with E-state index in [-0.39, 0.29) is 18.6 Å². The van der Waals surface area contributed by atoms with Crippen LogP contribution in [0.2, 0.25) is 0 Å². The predicted octanol–water partition coefficient (Wildman–Crippen LogP) is 4.25. The van der Waals surface area contributed by atoms with Crippen LogP contribution in [0, 0.1) is 11.8 Å². The Balaban J connectivity index is 1.36. The van der Waals surface area contributed by atoms with Gasteiger partial charge in [0.25, 0.3) is 0 Å². The summed E-state index contributed by atoms with van der Waals surface area (Å²) in [6, 6.07) is 15.2. The van der Waals surface area contributed by atoms with Gasteiger partial charge in [-0.15, -0.1) is 0 Å². The molecule has 2 aromatic rings. The minimum Gasteiger partial charge on any atom is -0.497 e. The fourth-order valence-corrected chi connectivity index (χ4v) is 6.72. The maximum absolute atomic E-state index is 13.5. The van der Waals surface area contributed by atoms with Gasteiger partial charge in [-0.1, -0.05) is 62.4 Å². The summed E-state index contributed by atoms with van der Waals surface area (Å²) in [5.41, 5.74) is 2.02. The fourth-order valence-electron chi connectivity index (χ4n) is 6.72. The Morgan fingerprint density at radius 1 is 0.957 bits per heavy atom. The Bertz CT molecular complexity index is 1190.